The largest absolute Gasteiger partial charge is 0.497 e. The molecule has 0 aliphatic rings. The lowest BCUT2D eigenvalue weighted by molar-refractivity contribution is -0.153. The van der Waals surface area contributed by atoms with Gasteiger partial charge in [0.25, 0.3) is 0 Å². The van der Waals surface area contributed by atoms with Crippen molar-refractivity contribution in [2.75, 3.05) is 13.7 Å². The maximum absolute atomic E-state index is 11.9. The standard InChI is InChI=1S/C9H8BrF3O2/c1-14-6-2-3-7(10)8(4-6)15-5-9(11,12)13/h2-4H,5H2,1H3. The Kier molecular flexibility index (Phi) is 3.84. The number of halogens is 4. The third-order valence-electron chi connectivity index (χ3n) is 1.53. The Balaban J connectivity index is 2.75. The van der Waals surface area contributed by atoms with E-state index in [9.17, 15) is 13.2 Å². The van der Waals surface area contributed by atoms with Gasteiger partial charge < -0.3 is 9.47 Å². The molecule has 0 bridgehead atoms. The van der Waals surface area contributed by atoms with E-state index in [1.54, 1.807) is 12.1 Å². The van der Waals surface area contributed by atoms with E-state index >= 15 is 0 Å². The third-order valence-corrected chi connectivity index (χ3v) is 2.18. The predicted molar refractivity (Wildman–Crippen MR) is 52.2 cm³/mol. The van der Waals surface area contributed by atoms with Crippen LogP contribution < -0.4 is 9.47 Å². The Morgan fingerprint density at radius 2 is 2.00 bits per heavy atom. The topological polar surface area (TPSA) is 18.5 Å². The van der Waals surface area contributed by atoms with Gasteiger partial charge in [0.2, 0.25) is 0 Å². The van der Waals surface area contributed by atoms with Gasteiger partial charge in [-0.15, -0.1) is 0 Å². The number of benzene rings is 1. The van der Waals surface area contributed by atoms with Gasteiger partial charge in [0, 0.05) is 6.07 Å². The highest BCUT2D eigenvalue weighted by Gasteiger charge is 2.28. The van der Waals surface area contributed by atoms with E-state index in [4.69, 9.17) is 4.74 Å². The van der Waals surface area contributed by atoms with Crippen molar-refractivity contribution in [3.05, 3.63) is 22.7 Å². The average molecular weight is 285 g/mol. The van der Waals surface area contributed by atoms with Crippen molar-refractivity contribution in [3.63, 3.8) is 0 Å². The van der Waals surface area contributed by atoms with E-state index in [1.807, 2.05) is 0 Å². The van der Waals surface area contributed by atoms with Gasteiger partial charge in [-0.05, 0) is 28.1 Å². The minimum absolute atomic E-state index is 0.103. The maximum Gasteiger partial charge on any atom is 0.422 e. The first-order chi connectivity index (χ1) is 6.92. The van der Waals surface area contributed by atoms with Crippen molar-refractivity contribution >= 4 is 15.9 Å². The molecule has 1 aromatic carbocycles. The number of hydrogen-bond acceptors (Lipinski definition) is 2. The summed E-state index contributed by atoms with van der Waals surface area (Å²) >= 11 is 3.08. The lowest BCUT2D eigenvalue weighted by Gasteiger charge is -2.11. The first kappa shape index (κ1) is 12.2. The van der Waals surface area contributed by atoms with Crippen LogP contribution in [0.5, 0.6) is 11.5 Å². The van der Waals surface area contributed by atoms with Crippen LogP contribution in [0.1, 0.15) is 0 Å². The molecule has 0 heterocycles. The van der Waals surface area contributed by atoms with Crippen LogP contribution in [0.2, 0.25) is 0 Å². The molecule has 0 unspecified atom stereocenters. The molecule has 2 nitrogen and oxygen atoms in total. The van der Waals surface area contributed by atoms with Crippen molar-refractivity contribution in [3.8, 4) is 11.5 Å². The van der Waals surface area contributed by atoms with Gasteiger partial charge in [-0.2, -0.15) is 13.2 Å². The summed E-state index contributed by atoms with van der Waals surface area (Å²) < 4.78 is 45.6. The summed E-state index contributed by atoms with van der Waals surface area (Å²) in [6, 6.07) is 4.56. The van der Waals surface area contributed by atoms with E-state index < -0.39 is 12.8 Å². The summed E-state index contributed by atoms with van der Waals surface area (Å²) in [5.74, 6) is 0.544. The molecule has 0 saturated carbocycles. The maximum atomic E-state index is 11.9. The number of ether oxygens (including phenoxy) is 2. The molecule has 0 amide bonds. The molecule has 0 atom stereocenters. The van der Waals surface area contributed by atoms with Crippen molar-refractivity contribution in [1.29, 1.82) is 0 Å². The number of alkyl halides is 3. The Bertz CT molecular complexity index is 339. The van der Waals surface area contributed by atoms with Gasteiger partial charge in [-0.25, -0.2) is 0 Å². The Hall–Kier alpha value is -0.910. The SMILES string of the molecule is COc1ccc(Br)c(OCC(F)(F)F)c1. The van der Waals surface area contributed by atoms with Crippen LogP contribution >= 0.6 is 15.9 Å². The monoisotopic (exact) mass is 284 g/mol. The first-order valence-electron chi connectivity index (χ1n) is 3.95. The predicted octanol–water partition coefficient (Wildman–Crippen LogP) is 3.40. The van der Waals surface area contributed by atoms with Gasteiger partial charge in [0.15, 0.2) is 6.61 Å². The zero-order valence-corrected chi connectivity index (χ0v) is 9.35. The highest BCUT2D eigenvalue weighted by Crippen LogP contribution is 2.30. The van der Waals surface area contributed by atoms with E-state index in [-0.39, 0.29) is 5.75 Å². The summed E-state index contributed by atoms with van der Waals surface area (Å²) in [5.41, 5.74) is 0. The summed E-state index contributed by atoms with van der Waals surface area (Å²) in [6.45, 7) is -1.32. The fourth-order valence-corrected chi connectivity index (χ4v) is 1.24. The molecule has 6 heteroatoms. The lowest BCUT2D eigenvalue weighted by Crippen LogP contribution is -2.19. The molecule has 84 valence electrons. The normalized spacial score (nSPS) is 11.3. The number of hydrogen-bond donors (Lipinski definition) is 0. The molecule has 0 spiro atoms. The molecular formula is C9H8BrF3O2. The van der Waals surface area contributed by atoms with Crippen LogP contribution in [0.25, 0.3) is 0 Å². The van der Waals surface area contributed by atoms with E-state index in [1.165, 1.54) is 13.2 Å². The molecule has 0 N–H and O–H groups in total. The van der Waals surface area contributed by atoms with E-state index in [0.717, 1.165) is 0 Å². The smallest absolute Gasteiger partial charge is 0.422 e. The summed E-state index contributed by atoms with van der Waals surface area (Å²) in [7, 11) is 1.43. The van der Waals surface area contributed by atoms with Crippen LogP contribution in [0, 0.1) is 0 Å². The second-order valence-electron chi connectivity index (χ2n) is 2.70. The minimum atomic E-state index is -4.34. The van der Waals surface area contributed by atoms with Crippen molar-refractivity contribution in [2.45, 2.75) is 6.18 Å². The zero-order chi connectivity index (χ0) is 11.5. The van der Waals surface area contributed by atoms with Crippen LogP contribution in [0.4, 0.5) is 13.2 Å². The molecule has 1 aromatic rings. The molecule has 0 aliphatic carbocycles. The molecule has 0 saturated heterocycles. The summed E-state index contributed by atoms with van der Waals surface area (Å²) in [4.78, 5) is 0. The van der Waals surface area contributed by atoms with Crippen LogP contribution in [-0.2, 0) is 0 Å². The fourth-order valence-electron chi connectivity index (χ4n) is 0.881. The Labute approximate surface area is 93.1 Å². The quantitative estimate of drug-likeness (QED) is 0.847. The van der Waals surface area contributed by atoms with Gasteiger partial charge in [-0.1, -0.05) is 0 Å². The molecule has 0 aromatic heterocycles. The molecule has 0 fully saturated rings. The van der Waals surface area contributed by atoms with E-state index in [2.05, 4.69) is 20.7 Å². The highest BCUT2D eigenvalue weighted by molar-refractivity contribution is 9.10. The molecule has 1 rings (SSSR count). The Morgan fingerprint density at radius 1 is 1.33 bits per heavy atom. The van der Waals surface area contributed by atoms with E-state index in [0.29, 0.717) is 10.2 Å². The fraction of sp³-hybridized carbons (Fsp3) is 0.333. The average Bonchev–Trinajstić information content (AvgIpc) is 2.15. The van der Waals surface area contributed by atoms with Crippen molar-refractivity contribution < 1.29 is 22.6 Å². The molecule has 15 heavy (non-hydrogen) atoms. The Morgan fingerprint density at radius 3 is 2.53 bits per heavy atom. The first-order valence-corrected chi connectivity index (χ1v) is 4.75. The molecule has 0 radical (unpaired) electrons. The van der Waals surface area contributed by atoms with Crippen LogP contribution in [0.15, 0.2) is 22.7 Å². The third kappa shape index (κ3) is 3.99. The van der Waals surface area contributed by atoms with Crippen LogP contribution in [0.3, 0.4) is 0 Å². The highest BCUT2D eigenvalue weighted by atomic mass is 79.9. The van der Waals surface area contributed by atoms with Gasteiger partial charge in [-0.3, -0.25) is 0 Å². The second-order valence-corrected chi connectivity index (χ2v) is 3.55. The zero-order valence-electron chi connectivity index (χ0n) is 7.77. The minimum Gasteiger partial charge on any atom is -0.497 e. The second kappa shape index (κ2) is 4.74. The summed E-state index contributed by atoms with van der Waals surface area (Å²) in [5, 5.41) is 0. The van der Waals surface area contributed by atoms with Crippen molar-refractivity contribution in [1.82, 2.24) is 0 Å². The number of rotatable bonds is 3. The van der Waals surface area contributed by atoms with Gasteiger partial charge in [0.05, 0.1) is 11.6 Å². The van der Waals surface area contributed by atoms with Crippen LogP contribution in [-0.4, -0.2) is 19.9 Å². The molecular weight excluding hydrogens is 277 g/mol. The molecule has 0 aliphatic heterocycles. The van der Waals surface area contributed by atoms with Gasteiger partial charge in [0.1, 0.15) is 11.5 Å². The number of methoxy groups -OCH3 is 1. The lowest BCUT2D eigenvalue weighted by atomic mass is 10.3. The van der Waals surface area contributed by atoms with Crippen molar-refractivity contribution in [2.24, 2.45) is 0 Å². The van der Waals surface area contributed by atoms with Gasteiger partial charge >= 0.3 is 6.18 Å². The summed E-state index contributed by atoms with van der Waals surface area (Å²) in [6.07, 6.45) is -4.34.